The van der Waals surface area contributed by atoms with Crippen molar-refractivity contribution in [1.82, 2.24) is 10.6 Å². The SMILES string of the molecule is CN=C(NCCOc1cccc(NC(C)=O)c1)NCC1CC(=O)Nc2ccccc21.I. The molecule has 31 heavy (non-hydrogen) atoms. The summed E-state index contributed by atoms with van der Waals surface area (Å²) in [5.41, 5.74) is 2.70. The first-order valence-electron chi connectivity index (χ1n) is 9.89. The van der Waals surface area contributed by atoms with Crippen molar-refractivity contribution in [3.8, 4) is 5.75 Å². The fourth-order valence-corrected chi connectivity index (χ4v) is 3.33. The Morgan fingerprint density at radius 1 is 1.19 bits per heavy atom. The molecular weight excluding hydrogens is 509 g/mol. The van der Waals surface area contributed by atoms with Gasteiger partial charge in [0.25, 0.3) is 0 Å². The number of para-hydroxylation sites is 1. The number of amides is 2. The summed E-state index contributed by atoms with van der Waals surface area (Å²) in [6.45, 7) is 3.04. The van der Waals surface area contributed by atoms with Crippen LogP contribution in [0.5, 0.6) is 5.75 Å². The molecule has 3 rings (SSSR count). The van der Waals surface area contributed by atoms with E-state index in [-0.39, 0.29) is 41.7 Å². The molecule has 2 aromatic carbocycles. The lowest BCUT2D eigenvalue weighted by Crippen LogP contribution is -2.42. The Bertz CT molecular complexity index is 935. The lowest BCUT2D eigenvalue weighted by molar-refractivity contribution is -0.117. The van der Waals surface area contributed by atoms with E-state index in [1.165, 1.54) is 6.92 Å². The van der Waals surface area contributed by atoms with Crippen LogP contribution in [0.2, 0.25) is 0 Å². The highest BCUT2D eigenvalue weighted by Gasteiger charge is 2.24. The minimum Gasteiger partial charge on any atom is -0.492 e. The van der Waals surface area contributed by atoms with Crippen LogP contribution in [0.4, 0.5) is 11.4 Å². The average molecular weight is 537 g/mol. The molecule has 4 N–H and O–H groups in total. The molecule has 0 spiro atoms. The number of carbonyl (C=O) groups is 2. The fraction of sp³-hybridized carbons (Fsp3) is 0.318. The number of aliphatic imine (C=N–C) groups is 1. The number of anilines is 2. The molecule has 166 valence electrons. The van der Waals surface area contributed by atoms with Crippen molar-refractivity contribution in [2.75, 3.05) is 37.4 Å². The molecule has 1 aliphatic rings. The maximum Gasteiger partial charge on any atom is 0.225 e. The van der Waals surface area contributed by atoms with Gasteiger partial charge < -0.3 is 26.0 Å². The normalized spacial score (nSPS) is 15.1. The van der Waals surface area contributed by atoms with Crippen LogP contribution in [-0.4, -0.2) is 44.5 Å². The summed E-state index contributed by atoms with van der Waals surface area (Å²) in [7, 11) is 1.70. The summed E-state index contributed by atoms with van der Waals surface area (Å²) in [5.74, 6) is 1.31. The molecule has 0 radical (unpaired) electrons. The second-order valence-electron chi connectivity index (χ2n) is 6.97. The van der Waals surface area contributed by atoms with Crippen LogP contribution in [-0.2, 0) is 9.59 Å². The Balaban J connectivity index is 0.00000341. The van der Waals surface area contributed by atoms with Crippen molar-refractivity contribution in [1.29, 1.82) is 0 Å². The van der Waals surface area contributed by atoms with Crippen LogP contribution in [0.3, 0.4) is 0 Å². The summed E-state index contributed by atoms with van der Waals surface area (Å²) in [4.78, 5) is 27.3. The number of benzene rings is 2. The first kappa shape index (κ1) is 24.4. The number of hydrogen-bond donors (Lipinski definition) is 4. The first-order chi connectivity index (χ1) is 14.5. The van der Waals surface area contributed by atoms with E-state index in [0.29, 0.717) is 43.5 Å². The maximum absolute atomic E-state index is 12.0. The Labute approximate surface area is 199 Å². The summed E-state index contributed by atoms with van der Waals surface area (Å²) < 4.78 is 5.73. The molecule has 0 aliphatic carbocycles. The number of fused-ring (bicyclic) bond motifs is 1. The number of nitrogens with zero attached hydrogens (tertiary/aromatic N) is 1. The lowest BCUT2D eigenvalue weighted by Gasteiger charge is -2.26. The number of nitrogens with one attached hydrogen (secondary N) is 4. The van der Waals surface area contributed by atoms with Gasteiger partial charge >= 0.3 is 0 Å². The number of hydrogen-bond acceptors (Lipinski definition) is 4. The molecule has 2 aromatic rings. The van der Waals surface area contributed by atoms with Crippen LogP contribution >= 0.6 is 24.0 Å². The van der Waals surface area contributed by atoms with E-state index in [0.717, 1.165) is 11.3 Å². The van der Waals surface area contributed by atoms with Gasteiger partial charge in [-0.15, -0.1) is 24.0 Å². The molecule has 2 amide bonds. The monoisotopic (exact) mass is 537 g/mol. The van der Waals surface area contributed by atoms with E-state index in [2.05, 4.69) is 26.3 Å². The summed E-state index contributed by atoms with van der Waals surface area (Å²) >= 11 is 0. The molecule has 1 aliphatic heterocycles. The molecule has 0 bridgehead atoms. The molecule has 0 saturated heterocycles. The van der Waals surface area contributed by atoms with Gasteiger partial charge in [0.05, 0.1) is 6.54 Å². The minimum absolute atomic E-state index is 0. The highest BCUT2D eigenvalue weighted by atomic mass is 127. The quantitative estimate of drug-likeness (QED) is 0.188. The van der Waals surface area contributed by atoms with Crippen molar-refractivity contribution in [2.24, 2.45) is 4.99 Å². The third-order valence-electron chi connectivity index (χ3n) is 4.66. The Morgan fingerprint density at radius 3 is 2.77 bits per heavy atom. The molecule has 0 fully saturated rings. The number of ether oxygens (including phenoxy) is 1. The van der Waals surface area contributed by atoms with Crippen molar-refractivity contribution < 1.29 is 14.3 Å². The van der Waals surface area contributed by atoms with Gasteiger partial charge in [-0.25, -0.2) is 0 Å². The van der Waals surface area contributed by atoms with Gasteiger partial charge in [-0.05, 0) is 23.8 Å². The first-order valence-corrected chi connectivity index (χ1v) is 9.89. The van der Waals surface area contributed by atoms with Crippen LogP contribution < -0.4 is 26.0 Å². The highest BCUT2D eigenvalue weighted by molar-refractivity contribution is 14.0. The van der Waals surface area contributed by atoms with E-state index in [4.69, 9.17) is 4.74 Å². The van der Waals surface area contributed by atoms with Gasteiger partial charge in [-0.2, -0.15) is 0 Å². The summed E-state index contributed by atoms with van der Waals surface area (Å²) in [6, 6.07) is 15.1. The third kappa shape index (κ3) is 7.42. The number of guanidine groups is 1. The molecule has 0 aromatic heterocycles. The number of carbonyl (C=O) groups excluding carboxylic acids is 2. The van der Waals surface area contributed by atoms with Crippen molar-refractivity contribution in [2.45, 2.75) is 19.3 Å². The Kier molecular flexibility index (Phi) is 9.57. The van der Waals surface area contributed by atoms with Crippen LogP contribution in [0.1, 0.15) is 24.8 Å². The molecule has 8 nitrogen and oxygen atoms in total. The topological polar surface area (TPSA) is 104 Å². The van der Waals surface area contributed by atoms with Crippen LogP contribution in [0, 0.1) is 0 Å². The third-order valence-corrected chi connectivity index (χ3v) is 4.66. The van der Waals surface area contributed by atoms with E-state index >= 15 is 0 Å². The van der Waals surface area contributed by atoms with E-state index in [1.54, 1.807) is 13.1 Å². The van der Waals surface area contributed by atoms with Crippen molar-refractivity contribution in [3.05, 3.63) is 54.1 Å². The highest BCUT2D eigenvalue weighted by Crippen LogP contribution is 2.31. The second kappa shape index (κ2) is 12.1. The largest absolute Gasteiger partial charge is 0.492 e. The minimum atomic E-state index is -0.123. The van der Waals surface area contributed by atoms with Gasteiger partial charge in [0.2, 0.25) is 11.8 Å². The van der Waals surface area contributed by atoms with Gasteiger partial charge in [0, 0.05) is 50.3 Å². The maximum atomic E-state index is 12.0. The predicted octanol–water partition coefficient (Wildman–Crippen LogP) is 2.93. The van der Waals surface area contributed by atoms with E-state index in [1.807, 2.05) is 42.5 Å². The van der Waals surface area contributed by atoms with E-state index < -0.39 is 0 Å². The molecule has 1 atom stereocenters. The molecule has 0 saturated carbocycles. The lowest BCUT2D eigenvalue weighted by atomic mass is 9.90. The molecule has 1 heterocycles. The Hall–Kier alpha value is -2.82. The average Bonchev–Trinajstić information content (AvgIpc) is 2.72. The van der Waals surface area contributed by atoms with Crippen molar-refractivity contribution >= 4 is 53.1 Å². The molecule has 9 heteroatoms. The zero-order valence-corrected chi connectivity index (χ0v) is 19.9. The van der Waals surface area contributed by atoms with Gasteiger partial charge in [0.1, 0.15) is 12.4 Å². The van der Waals surface area contributed by atoms with Gasteiger partial charge in [0.15, 0.2) is 5.96 Å². The zero-order valence-electron chi connectivity index (χ0n) is 17.6. The smallest absolute Gasteiger partial charge is 0.225 e. The van der Waals surface area contributed by atoms with Crippen LogP contribution in [0.25, 0.3) is 0 Å². The van der Waals surface area contributed by atoms with Crippen molar-refractivity contribution in [3.63, 3.8) is 0 Å². The Morgan fingerprint density at radius 2 is 2.00 bits per heavy atom. The van der Waals surface area contributed by atoms with E-state index in [9.17, 15) is 9.59 Å². The fourth-order valence-electron chi connectivity index (χ4n) is 3.33. The van der Waals surface area contributed by atoms with Gasteiger partial charge in [-0.3, -0.25) is 14.6 Å². The predicted molar refractivity (Wildman–Crippen MR) is 133 cm³/mol. The zero-order chi connectivity index (χ0) is 21.3. The van der Waals surface area contributed by atoms with Gasteiger partial charge in [-0.1, -0.05) is 24.3 Å². The standard InChI is InChI=1S/C22H27N5O3.HI/c1-15(28)26-17-6-5-7-18(13-17)30-11-10-24-22(23-2)25-14-16-12-21(29)27-20-9-4-3-8-19(16)20;/h3-9,13,16H,10-12,14H2,1-2H3,(H,26,28)(H,27,29)(H2,23,24,25);1H. The summed E-state index contributed by atoms with van der Waals surface area (Å²) in [6.07, 6.45) is 0.439. The summed E-state index contributed by atoms with van der Waals surface area (Å²) in [5, 5.41) is 12.1. The molecular formula is C22H28IN5O3. The second-order valence-corrected chi connectivity index (χ2v) is 6.97. The number of rotatable bonds is 7. The number of halogens is 1. The molecule has 1 unspecified atom stereocenters. The van der Waals surface area contributed by atoms with Crippen LogP contribution in [0.15, 0.2) is 53.5 Å².